The summed E-state index contributed by atoms with van der Waals surface area (Å²) in [7, 11) is -6.20. The molecule has 4 atom stereocenters. The first-order valence-electron chi connectivity index (χ1n) is 7.89. The van der Waals surface area contributed by atoms with Crippen LogP contribution in [0.4, 0.5) is 0 Å². The van der Waals surface area contributed by atoms with E-state index in [-0.39, 0.29) is 47.2 Å². The number of sulfone groups is 2. The summed E-state index contributed by atoms with van der Waals surface area (Å²) < 4.78 is 48.4. The Labute approximate surface area is 147 Å². The van der Waals surface area contributed by atoms with Crippen molar-refractivity contribution in [3.8, 4) is 0 Å². The van der Waals surface area contributed by atoms with Crippen molar-refractivity contribution in [1.82, 2.24) is 10.2 Å². The van der Waals surface area contributed by atoms with E-state index in [1.165, 1.54) is 0 Å². The van der Waals surface area contributed by atoms with Crippen molar-refractivity contribution >= 4 is 31.3 Å². The van der Waals surface area contributed by atoms with Crippen LogP contribution in [-0.4, -0.2) is 68.9 Å². The lowest BCUT2D eigenvalue weighted by molar-refractivity contribution is 0.0678. The van der Waals surface area contributed by atoms with E-state index in [1.807, 2.05) is 18.2 Å². The lowest BCUT2D eigenvalue weighted by atomic mass is 9.96. The van der Waals surface area contributed by atoms with Crippen LogP contribution in [0.25, 0.3) is 0 Å². The van der Waals surface area contributed by atoms with E-state index >= 15 is 0 Å². The Bertz CT molecular complexity index is 823. The first kappa shape index (κ1) is 16.8. The van der Waals surface area contributed by atoms with Gasteiger partial charge in [0.2, 0.25) is 0 Å². The molecule has 9 heteroatoms. The third kappa shape index (κ3) is 3.10. The van der Waals surface area contributed by atoms with Crippen molar-refractivity contribution in [2.45, 2.75) is 30.7 Å². The molecule has 0 aliphatic carbocycles. The van der Waals surface area contributed by atoms with Gasteiger partial charge in [0.25, 0.3) is 0 Å². The van der Waals surface area contributed by atoms with Crippen LogP contribution in [-0.2, 0) is 26.2 Å². The van der Waals surface area contributed by atoms with Gasteiger partial charge in [0, 0.05) is 35.7 Å². The van der Waals surface area contributed by atoms with E-state index in [9.17, 15) is 16.8 Å². The average Bonchev–Trinajstić information content (AvgIpc) is 2.92. The van der Waals surface area contributed by atoms with Crippen molar-refractivity contribution in [2.75, 3.05) is 23.0 Å². The summed E-state index contributed by atoms with van der Waals surface area (Å²) in [5.74, 6) is 0.308. The van der Waals surface area contributed by atoms with Gasteiger partial charge in [-0.05, 0) is 17.7 Å². The van der Waals surface area contributed by atoms with E-state index in [1.54, 1.807) is 6.07 Å². The van der Waals surface area contributed by atoms with Crippen LogP contribution in [0, 0.1) is 0 Å². The predicted octanol–water partition coefficient (Wildman–Crippen LogP) is 0.0764. The molecule has 0 unspecified atom stereocenters. The van der Waals surface area contributed by atoms with Gasteiger partial charge in [-0.3, -0.25) is 4.90 Å². The van der Waals surface area contributed by atoms with Crippen LogP contribution in [0.15, 0.2) is 24.3 Å². The van der Waals surface area contributed by atoms with Gasteiger partial charge in [-0.2, -0.15) is 0 Å². The molecule has 4 rings (SSSR count). The summed E-state index contributed by atoms with van der Waals surface area (Å²) in [6.07, 6.45) is 0. The summed E-state index contributed by atoms with van der Waals surface area (Å²) in [4.78, 5) is 2.08. The zero-order valence-corrected chi connectivity index (χ0v) is 15.3. The third-order valence-corrected chi connectivity index (χ3v) is 8.85. The number of rotatable bonds is 2. The minimum atomic E-state index is -3.10. The molecule has 1 aromatic carbocycles. The van der Waals surface area contributed by atoms with Gasteiger partial charge in [-0.15, -0.1) is 0 Å². The zero-order valence-electron chi connectivity index (χ0n) is 12.9. The molecule has 0 saturated carbocycles. The molecule has 132 valence electrons. The van der Waals surface area contributed by atoms with E-state index in [4.69, 9.17) is 11.6 Å². The molecule has 0 bridgehead atoms. The Morgan fingerprint density at radius 3 is 2.12 bits per heavy atom. The quantitative estimate of drug-likeness (QED) is 0.769. The minimum Gasteiger partial charge on any atom is -0.306 e. The number of fused-ring (bicyclic) bond motifs is 2. The number of nitrogens with zero attached hydrogens (tertiary/aromatic N) is 1. The lowest BCUT2D eigenvalue weighted by Gasteiger charge is -2.45. The van der Waals surface area contributed by atoms with E-state index in [2.05, 4.69) is 10.2 Å². The maximum absolute atomic E-state index is 12.1. The average molecular weight is 391 g/mol. The number of hydrogen-bond donors (Lipinski definition) is 1. The van der Waals surface area contributed by atoms with Crippen LogP contribution in [0.5, 0.6) is 0 Å². The highest BCUT2D eigenvalue weighted by molar-refractivity contribution is 7.92. The molecule has 1 aromatic rings. The lowest BCUT2D eigenvalue weighted by Crippen LogP contribution is -2.66. The fourth-order valence-electron chi connectivity index (χ4n) is 4.23. The maximum Gasteiger partial charge on any atom is 0.153 e. The third-order valence-electron chi connectivity index (χ3n) is 5.18. The number of benzene rings is 1. The molecule has 3 heterocycles. The fourth-order valence-corrected chi connectivity index (χ4v) is 8.34. The summed E-state index contributed by atoms with van der Waals surface area (Å²) in [5, 5.41) is 3.91. The normalized spacial score (nSPS) is 37.0. The Balaban J connectivity index is 1.69. The van der Waals surface area contributed by atoms with Gasteiger partial charge in [-0.25, -0.2) is 16.8 Å². The zero-order chi connectivity index (χ0) is 17.1. The molecular formula is C15H19ClN2O4S2. The van der Waals surface area contributed by atoms with Gasteiger partial charge in [0.05, 0.1) is 23.0 Å². The van der Waals surface area contributed by atoms with Crippen LogP contribution < -0.4 is 5.32 Å². The van der Waals surface area contributed by atoms with Gasteiger partial charge in [0.1, 0.15) is 0 Å². The molecule has 3 aliphatic heterocycles. The summed E-state index contributed by atoms with van der Waals surface area (Å²) in [6, 6.07) is 6.63. The Hall–Kier alpha value is -0.670. The fraction of sp³-hybridized carbons (Fsp3) is 0.600. The van der Waals surface area contributed by atoms with Crippen molar-refractivity contribution in [3.05, 3.63) is 34.9 Å². The van der Waals surface area contributed by atoms with Crippen molar-refractivity contribution < 1.29 is 16.8 Å². The smallest absolute Gasteiger partial charge is 0.153 e. The van der Waals surface area contributed by atoms with Gasteiger partial charge < -0.3 is 5.32 Å². The van der Waals surface area contributed by atoms with Crippen LogP contribution in [0.3, 0.4) is 0 Å². The molecule has 6 nitrogen and oxygen atoms in total. The number of piperazine rings is 1. The van der Waals surface area contributed by atoms with Crippen molar-refractivity contribution in [3.63, 3.8) is 0 Å². The largest absolute Gasteiger partial charge is 0.306 e. The van der Waals surface area contributed by atoms with Crippen LogP contribution in [0.1, 0.15) is 5.56 Å². The molecule has 3 aliphatic rings. The van der Waals surface area contributed by atoms with Crippen LogP contribution in [0.2, 0.25) is 5.02 Å². The number of nitrogens with one attached hydrogen (secondary N) is 1. The molecule has 0 spiro atoms. The SMILES string of the molecule is O=S1(=O)C[C@@H]2N[C@@H]3CS(=O)(=O)C[C@@H]3N(Cc3cccc(Cl)c3)[C@@H]2C1. The van der Waals surface area contributed by atoms with Crippen LogP contribution >= 0.6 is 11.6 Å². The molecule has 0 radical (unpaired) electrons. The summed E-state index contributed by atoms with van der Waals surface area (Å²) >= 11 is 6.05. The minimum absolute atomic E-state index is 0.0764. The molecule has 3 fully saturated rings. The van der Waals surface area contributed by atoms with E-state index in [0.29, 0.717) is 11.6 Å². The first-order valence-corrected chi connectivity index (χ1v) is 11.9. The van der Waals surface area contributed by atoms with Gasteiger partial charge in [-0.1, -0.05) is 23.7 Å². The second kappa shape index (κ2) is 5.67. The number of hydrogen-bond acceptors (Lipinski definition) is 6. The Morgan fingerprint density at radius 1 is 1.00 bits per heavy atom. The summed E-state index contributed by atoms with van der Waals surface area (Å²) in [6.45, 7) is 0.510. The standard InChI is InChI=1S/C15H19ClN2O4S2/c16-11-3-1-2-10(4-11)5-18-14-8-23(19,20)6-12(14)17-13-7-24(21,22)9-15(13)18/h1-4,12-15,17H,5-9H2/t12-,13+,14+,15-. The van der Waals surface area contributed by atoms with Gasteiger partial charge >= 0.3 is 0 Å². The number of halogens is 1. The highest BCUT2D eigenvalue weighted by atomic mass is 35.5. The summed E-state index contributed by atoms with van der Waals surface area (Å²) in [5.41, 5.74) is 0.968. The molecule has 0 amide bonds. The molecule has 1 N–H and O–H groups in total. The maximum atomic E-state index is 12.1. The Morgan fingerprint density at radius 2 is 1.58 bits per heavy atom. The first-order chi connectivity index (χ1) is 11.2. The molecular weight excluding hydrogens is 372 g/mol. The predicted molar refractivity (Wildman–Crippen MR) is 92.6 cm³/mol. The topological polar surface area (TPSA) is 83.5 Å². The van der Waals surface area contributed by atoms with Crippen molar-refractivity contribution in [2.24, 2.45) is 0 Å². The molecule has 24 heavy (non-hydrogen) atoms. The monoisotopic (exact) mass is 390 g/mol. The van der Waals surface area contributed by atoms with Gasteiger partial charge in [0.15, 0.2) is 19.7 Å². The highest BCUT2D eigenvalue weighted by Gasteiger charge is 2.53. The highest BCUT2D eigenvalue weighted by Crippen LogP contribution is 2.33. The molecule has 0 aromatic heterocycles. The Kier molecular flexibility index (Phi) is 3.96. The van der Waals surface area contributed by atoms with E-state index < -0.39 is 19.7 Å². The van der Waals surface area contributed by atoms with E-state index in [0.717, 1.165) is 5.56 Å². The van der Waals surface area contributed by atoms with Crippen molar-refractivity contribution in [1.29, 1.82) is 0 Å². The second-order valence-corrected chi connectivity index (χ2v) is 11.7. The second-order valence-electron chi connectivity index (χ2n) is 6.97. The molecule has 3 saturated heterocycles.